The third-order valence-electron chi connectivity index (χ3n) is 5.92. The molecule has 0 aliphatic heterocycles. The molecule has 0 saturated heterocycles. The third-order valence-corrected chi connectivity index (χ3v) is 7.54. The van der Waals surface area contributed by atoms with E-state index in [-0.39, 0.29) is 12.2 Å². The Bertz CT molecular complexity index is 1750. The molecule has 3 aromatic carbocycles. The lowest BCUT2D eigenvalue weighted by molar-refractivity contribution is -0.128. The van der Waals surface area contributed by atoms with Gasteiger partial charge in [-0.15, -0.1) is 0 Å². The van der Waals surface area contributed by atoms with Crippen molar-refractivity contribution in [2.75, 3.05) is 9.79 Å². The molecule has 0 radical (unpaired) electrons. The number of nitrogens with one attached hydrogen (secondary N) is 1. The highest BCUT2D eigenvalue weighted by Crippen LogP contribution is 2.29. The number of anilines is 3. The molecule has 0 aliphatic carbocycles. The normalized spacial score (nSPS) is 11.3. The van der Waals surface area contributed by atoms with Crippen molar-refractivity contribution >= 4 is 44.6 Å². The topological polar surface area (TPSA) is 106 Å². The Morgan fingerprint density at radius 3 is 2.53 bits per heavy atom. The van der Waals surface area contributed by atoms with Crippen molar-refractivity contribution < 1.29 is 22.4 Å². The smallest absolute Gasteiger partial charge is 0.322 e. The zero-order chi connectivity index (χ0) is 26.9. The van der Waals surface area contributed by atoms with Crippen LogP contribution in [0.15, 0.2) is 90.2 Å². The van der Waals surface area contributed by atoms with Crippen molar-refractivity contribution in [3.63, 3.8) is 0 Å². The monoisotopic (exact) mass is 531 g/mol. The summed E-state index contributed by atoms with van der Waals surface area (Å²) in [6.07, 6.45) is 3.44. The van der Waals surface area contributed by atoms with Crippen molar-refractivity contribution in [1.82, 2.24) is 14.5 Å². The average molecular weight is 532 g/mol. The molecule has 192 valence electrons. The number of hydrogen-bond donors (Lipinski definition) is 1. The number of aromatic nitrogens is 3. The fourth-order valence-corrected chi connectivity index (χ4v) is 5.31. The van der Waals surface area contributed by atoms with Gasteiger partial charge in [-0.25, -0.2) is 14.4 Å². The van der Waals surface area contributed by atoms with Crippen LogP contribution in [0, 0.1) is 12.7 Å². The van der Waals surface area contributed by atoms with E-state index in [4.69, 9.17) is 4.84 Å². The Hall–Kier alpha value is -4.77. The predicted octanol–water partition coefficient (Wildman–Crippen LogP) is 5.11. The van der Waals surface area contributed by atoms with Gasteiger partial charge in [0.2, 0.25) is 0 Å². The first-order chi connectivity index (χ1) is 18.3. The molecule has 2 heterocycles. The zero-order valence-corrected chi connectivity index (χ0v) is 21.2. The molecule has 0 bridgehead atoms. The molecular formula is C27H22FN5O4S. The standard InChI is InChI=1S/C27H22FN5O4S/c1-18-3-10-26(23(28)13-18)38(35,36)33(37-17-34)22-7-5-21(6-8-22)31-27-15-24(29-16-30-27)19-4-9-25-20(14-19)11-12-32(25)2/h3-17H,1-2H3,(H,29,30,31). The Kier molecular flexibility index (Phi) is 6.52. The first kappa shape index (κ1) is 24.9. The molecule has 5 aromatic rings. The quantitative estimate of drug-likeness (QED) is 0.219. The third kappa shape index (κ3) is 4.78. The summed E-state index contributed by atoms with van der Waals surface area (Å²) in [7, 11) is -2.54. The van der Waals surface area contributed by atoms with Crippen LogP contribution in [0.1, 0.15) is 5.56 Å². The second-order valence-corrected chi connectivity index (χ2v) is 10.2. The average Bonchev–Trinajstić information content (AvgIpc) is 3.27. The van der Waals surface area contributed by atoms with E-state index in [0.29, 0.717) is 21.5 Å². The molecule has 0 saturated carbocycles. The fourth-order valence-electron chi connectivity index (χ4n) is 4.04. The van der Waals surface area contributed by atoms with Crippen LogP contribution in [0.4, 0.5) is 21.6 Å². The van der Waals surface area contributed by atoms with E-state index in [0.717, 1.165) is 34.3 Å². The van der Waals surface area contributed by atoms with Crippen molar-refractivity contribution in [2.24, 2.45) is 7.05 Å². The van der Waals surface area contributed by atoms with Gasteiger partial charge in [-0.3, -0.25) is 4.79 Å². The van der Waals surface area contributed by atoms with Crippen LogP contribution in [-0.2, 0) is 26.7 Å². The number of benzene rings is 3. The highest BCUT2D eigenvalue weighted by molar-refractivity contribution is 7.92. The van der Waals surface area contributed by atoms with E-state index >= 15 is 0 Å². The minimum Gasteiger partial charge on any atom is -0.351 e. The summed E-state index contributed by atoms with van der Waals surface area (Å²) in [6.45, 7) is 1.60. The van der Waals surface area contributed by atoms with Gasteiger partial charge in [0.05, 0.1) is 11.4 Å². The minimum absolute atomic E-state index is 0.00200. The van der Waals surface area contributed by atoms with Gasteiger partial charge in [0.25, 0.3) is 10.0 Å². The lowest BCUT2D eigenvalue weighted by Crippen LogP contribution is -2.31. The zero-order valence-electron chi connectivity index (χ0n) is 20.4. The number of carbonyl (C=O) groups is 1. The molecule has 9 nitrogen and oxygen atoms in total. The van der Waals surface area contributed by atoms with Crippen molar-refractivity contribution in [1.29, 1.82) is 0 Å². The molecular weight excluding hydrogens is 509 g/mol. The number of fused-ring (bicyclic) bond motifs is 1. The minimum atomic E-state index is -4.52. The molecule has 38 heavy (non-hydrogen) atoms. The van der Waals surface area contributed by atoms with Gasteiger partial charge in [-0.05, 0) is 67.1 Å². The maximum atomic E-state index is 14.4. The van der Waals surface area contributed by atoms with Gasteiger partial charge in [0.15, 0.2) is 0 Å². The van der Waals surface area contributed by atoms with Gasteiger partial charge in [0, 0.05) is 41.5 Å². The maximum Gasteiger partial charge on any atom is 0.322 e. The number of aryl methyl sites for hydroxylation is 2. The second kappa shape index (κ2) is 9.94. The molecule has 0 fully saturated rings. The molecule has 0 aliphatic rings. The summed E-state index contributed by atoms with van der Waals surface area (Å²) < 4.78 is 43.0. The first-order valence-electron chi connectivity index (χ1n) is 11.4. The Labute approximate surface area is 218 Å². The summed E-state index contributed by atoms with van der Waals surface area (Å²) >= 11 is 0. The predicted molar refractivity (Wildman–Crippen MR) is 142 cm³/mol. The molecule has 0 atom stereocenters. The molecule has 0 spiro atoms. The number of hydrogen-bond acceptors (Lipinski definition) is 7. The van der Waals surface area contributed by atoms with Crippen LogP contribution in [-0.4, -0.2) is 29.4 Å². The van der Waals surface area contributed by atoms with Crippen LogP contribution in [0.2, 0.25) is 0 Å². The molecule has 0 amide bonds. The summed E-state index contributed by atoms with van der Waals surface area (Å²) in [5.74, 6) is -0.431. The van der Waals surface area contributed by atoms with Crippen LogP contribution < -0.4 is 9.79 Å². The first-order valence-corrected chi connectivity index (χ1v) is 12.9. The van der Waals surface area contributed by atoms with Crippen molar-refractivity contribution in [3.05, 3.63) is 96.7 Å². The molecule has 0 unspecified atom stereocenters. The van der Waals surface area contributed by atoms with Gasteiger partial charge in [-0.1, -0.05) is 16.6 Å². The van der Waals surface area contributed by atoms with Crippen LogP contribution in [0.3, 0.4) is 0 Å². The Morgan fingerprint density at radius 1 is 1.00 bits per heavy atom. The molecule has 5 rings (SSSR count). The number of nitrogens with zero attached hydrogens (tertiary/aromatic N) is 4. The van der Waals surface area contributed by atoms with E-state index in [9.17, 15) is 17.6 Å². The number of carbonyl (C=O) groups excluding carboxylic acids is 1. The lowest BCUT2D eigenvalue weighted by Gasteiger charge is -2.21. The van der Waals surface area contributed by atoms with Crippen molar-refractivity contribution in [2.45, 2.75) is 11.8 Å². The maximum absolute atomic E-state index is 14.4. The highest BCUT2D eigenvalue weighted by Gasteiger charge is 2.30. The van der Waals surface area contributed by atoms with E-state index in [1.54, 1.807) is 25.1 Å². The lowest BCUT2D eigenvalue weighted by atomic mass is 10.1. The second-order valence-electron chi connectivity index (χ2n) is 8.53. The summed E-state index contributed by atoms with van der Waals surface area (Å²) in [6, 6.07) is 19.6. The van der Waals surface area contributed by atoms with Gasteiger partial charge >= 0.3 is 6.47 Å². The highest BCUT2D eigenvalue weighted by atomic mass is 32.2. The number of rotatable bonds is 8. The Morgan fingerprint density at radius 2 is 1.79 bits per heavy atom. The number of halogens is 1. The Balaban J connectivity index is 1.39. The van der Waals surface area contributed by atoms with Gasteiger partial charge in [0.1, 0.15) is 22.9 Å². The molecule has 2 aromatic heterocycles. The largest absolute Gasteiger partial charge is 0.351 e. The fraction of sp³-hybridized carbons (Fsp3) is 0.0741. The van der Waals surface area contributed by atoms with E-state index in [1.807, 2.05) is 36.0 Å². The van der Waals surface area contributed by atoms with E-state index in [1.165, 1.54) is 24.5 Å². The van der Waals surface area contributed by atoms with Crippen LogP contribution >= 0.6 is 0 Å². The van der Waals surface area contributed by atoms with E-state index in [2.05, 4.69) is 21.4 Å². The SMILES string of the molecule is Cc1ccc(S(=O)(=O)N(OC=O)c2ccc(Nc3cc(-c4ccc5c(ccn5C)c4)ncn3)cc2)c(F)c1. The summed E-state index contributed by atoms with van der Waals surface area (Å²) in [5.41, 5.74) is 3.90. The van der Waals surface area contributed by atoms with Crippen LogP contribution in [0.25, 0.3) is 22.2 Å². The van der Waals surface area contributed by atoms with Gasteiger partial charge < -0.3 is 14.7 Å². The molecule has 1 N–H and O–H groups in total. The molecule has 11 heteroatoms. The van der Waals surface area contributed by atoms with E-state index < -0.39 is 20.7 Å². The summed E-state index contributed by atoms with van der Waals surface area (Å²) in [4.78, 5) is 23.9. The van der Waals surface area contributed by atoms with Crippen molar-refractivity contribution in [3.8, 4) is 11.3 Å². The van der Waals surface area contributed by atoms with Gasteiger partial charge in [-0.2, -0.15) is 8.42 Å². The van der Waals surface area contributed by atoms with Crippen LogP contribution in [0.5, 0.6) is 0 Å². The summed E-state index contributed by atoms with van der Waals surface area (Å²) in [5, 5.41) is 4.24. The number of sulfonamides is 1.